The first-order valence-electron chi connectivity index (χ1n) is 8.89. The fourth-order valence-corrected chi connectivity index (χ4v) is 3.01. The summed E-state index contributed by atoms with van der Waals surface area (Å²) in [7, 11) is 1.35. The first-order chi connectivity index (χ1) is 14.1. The number of rotatable bonds is 9. The number of thiazole rings is 1. The van der Waals surface area contributed by atoms with E-state index >= 15 is 0 Å². The number of esters is 1. The van der Waals surface area contributed by atoms with Crippen LogP contribution in [0.4, 0.5) is 5.13 Å². The number of nitrogens with zero attached hydrogens (tertiary/aromatic N) is 2. The first-order valence-corrected chi connectivity index (χ1v) is 9.77. The second-order valence-corrected chi connectivity index (χ2v) is 6.81. The van der Waals surface area contributed by atoms with Crippen LogP contribution in [-0.4, -0.2) is 37.5 Å². The van der Waals surface area contributed by atoms with Crippen molar-refractivity contribution in [1.82, 2.24) is 4.98 Å². The molecule has 3 rings (SSSR count). The molecule has 0 aliphatic heterocycles. The van der Waals surface area contributed by atoms with Gasteiger partial charge < -0.3 is 14.2 Å². The lowest BCUT2D eigenvalue weighted by atomic mass is 10.2. The lowest BCUT2D eigenvalue weighted by Crippen LogP contribution is -2.09. The number of nitrogens with one attached hydrogen (secondary N) is 1. The zero-order valence-electron chi connectivity index (χ0n) is 16.1. The highest BCUT2D eigenvalue weighted by molar-refractivity contribution is 7.13. The fraction of sp³-hybridized carbons (Fsp3) is 0.190. The summed E-state index contributed by atoms with van der Waals surface area (Å²) < 4.78 is 16.0. The number of carbonyl (C=O) groups is 1. The van der Waals surface area contributed by atoms with Gasteiger partial charge in [-0.25, -0.2) is 9.78 Å². The molecule has 8 heteroatoms. The largest absolute Gasteiger partial charge is 0.490 e. The van der Waals surface area contributed by atoms with E-state index in [1.54, 1.807) is 30.5 Å². The number of benzene rings is 2. The average molecular weight is 411 g/mol. The maximum atomic E-state index is 11.4. The molecule has 0 spiro atoms. The molecule has 0 atom stereocenters. The molecular weight excluding hydrogens is 390 g/mol. The van der Waals surface area contributed by atoms with Gasteiger partial charge >= 0.3 is 5.97 Å². The zero-order valence-corrected chi connectivity index (χ0v) is 16.9. The number of methoxy groups -OCH3 is 1. The maximum absolute atomic E-state index is 11.4. The van der Waals surface area contributed by atoms with Gasteiger partial charge in [-0.05, 0) is 48.9 Å². The number of aromatic nitrogens is 1. The molecule has 29 heavy (non-hydrogen) atoms. The van der Waals surface area contributed by atoms with E-state index in [0.29, 0.717) is 24.5 Å². The van der Waals surface area contributed by atoms with Gasteiger partial charge in [0.15, 0.2) is 0 Å². The lowest BCUT2D eigenvalue weighted by molar-refractivity contribution is 0.0600. The number of carbonyl (C=O) groups excluding carboxylic acids is 1. The zero-order chi connectivity index (χ0) is 20.5. The summed E-state index contributed by atoms with van der Waals surface area (Å²) in [6.07, 6.45) is 1.71. The Kier molecular flexibility index (Phi) is 7.18. The summed E-state index contributed by atoms with van der Waals surface area (Å²) in [6.45, 7) is 2.70. The number of anilines is 1. The van der Waals surface area contributed by atoms with Crippen molar-refractivity contribution in [3.05, 3.63) is 70.7 Å². The molecule has 2 aromatic carbocycles. The standard InChI is InChI=1S/C21H21N3O4S/c1-15-14-29-21(23-15)24-22-13-16-4-3-5-19(12-16)28-11-10-27-18-8-6-17(7-9-18)20(25)26-2/h3-9,12-14H,10-11H2,1-2H3,(H,23,24). The molecule has 0 aliphatic carbocycles. The van der Waals surface area contributed by atoms with Crippen LogP contribution in [0.1, 0.15) is 21.6 Å². The van der Waals surface area contributed by atoms with Gasteiger partial charge in [0.2, 0.25) is 5.13 Å². The Labute approximate surface area is 173 Å². The van der Waals surface area contributed by atoms with Crippen LogP contribution in [-0.2, 0) is 4.74 Å². The minimum absolute atomic E-state index is 0.375. The highest BCUT2D eigenvalue weighted by Crippen LogP contribution is 2.16. The number of hydrogen-bond donors (Lipinski definition) is 1. The van der Waals surface area contributed by atoms with Crippen molar-refractivity contribution in [1.29, 1.82) is 0 Å². The second kappa shape index (κ2) is 10.2. The van der Waals surface area contributed by atoms with E-state index in [1.165, 1.54) is 18.4 Å². The Bertz CT molecular complexity index is 970. The summed E-state index contributed by atoms with van der Waals surface area (Å²) in [5.74, 6) is 1.01. The van der Waals surface area contributed by atoms with Crippen LogP contribution >= 0.6 is 11.3 Å². The lowest BCUT2D eigenvalue weighted by Gasteiger charge is -2.09. The summed E-state index contributed by atoms with van der Waals surface area (Å²) in [5.41, 5.74) is 5.25. The molecule has 3 aromatic rings. The SMILES string of the molecule is COC(=O)c1ccc(OCCOc2cccc(C=NNc3nc(C)cs3)c2)cc1. The molecule has 1 heterocycles. The second-order valence-electron chi connectivity index (χ2n) is 5.95. The van der Waals surface area contributed by atoms with Gasteiger partial charge in [-0.15, -0.1) is 11.3 Å². The van der Waals surface area contributed by atoms with Crippen LogP contribution in [0, 0.1) is 6.92 Å². The number of hydrazone groups is 1. The molecule has 0 fully saturated rings. The molecule has 0 saturated carbocycles. The van der Waals surface area contributed by atoms with Crippen LogP contribution in [0.3, 0.4) is 0 Å². The predicted octanol–water partition coefficient (Wildman–Crippen LogP) is 4.14. The quantitative estimate of drug-likeness (QED) is 0.247. The molecular formula is C21H21N3O4S. The van der Waals surface area contributed by atoms with E-state index in [4.69, 9.17) is 9.47 Å². The first kappa shape index (κ1) is 20.3. The topological polar surface area (TPSA) is 82.0 Å². The van der Waals surface area contributed by atoms with Gasteiger partial charge in [0.1, 0.15) is 24.7 Å². The third-order valence-electron chi connectivity index (χ3n) is 3.75. The van der Waals surface area contributed by atoms with Gasteiger partial charge in [0, 0.05) is 5.38 Å². The van der Waals surface area contributed by atoms with Gasteiger partial charge in [0.05, 0.1) is 24.6 Å². The molecule has 0 amide bonds. The van der Waals surface area contributed by atoms with E-state index in [-0.39, 0.29) is 5.97 Å². The number of hydrogen-bond acceptors (Lipinski definition) is 8. The fourth-order valence-electron chi connectivity index (χ4n) is 2.38. The Hall–Kier alpha value is -3.39. The summed E-state index contributed by atoms with van der Waals surface area (Å²) in [6, 6.07) is 14.4. The molecule has 150 valence electrons. The number of ether oxygens (including phenoxy) is 3. The van der Waals surface area contributed by atoms with E-state index in [1.807, 2.05) is 36.6 Å². The molecule has 7 nitrogen and oxygen atoms in total. The summed E-state index contributed by atoms with van der Waals surface area (Å²) >= 11 is 1.51. The molecule has 0 radical (unpaired) electrons. The van der Waals surface area contributed by atoms with E-state index in [9.17, 15) is 4.79 Å². The molecule has 0 unspecified atom stereocenters. The molecule has 0 saturated heterocycles. The van der Waals surface area contributed by atoms with Crippen molar-refractivity contribution >= 4 is 28.7 Å². The third kappa shape index (κ3) is 6.32. The van der Waals surface area contributed by atoms with Crippen molar-refractivity contribution in [3.63, 3.8) is 0 Å². The van der Waals surface area contributed by atoms with Crippen LogP contribution in [0.25, 0.3) is 0 Å². The molecule has 0 bridgehead atoms. The Morgan fingerprint density at radius 1 is 1.14 bits per heavy atom. The Balaban J connectivity index is 1.43. The highest BCUT2D eigenvalue weighted by atomic mass is 32.1. The highest BCUT2D eigenvalue weighted by Gasteiger charge is 2.04. The van der Waals surface area contributed by atoms with E-state index in [2.05, 4.69) is 20.2 Å². The van der Waals surface area contributed by atoms with Gasteiger partial charge in [-0.1, -0.05) is 12.1 Å². The normalized spacial score (nSPS) is 10.7. The van der Waals surface area contributed by atoms with Crippen LogP contribution in [0.2, 0.25) is 0 Å². The van der Waals surface area contributed by atoms with E-state index in [0.717, 1.165) is 22.1 Å². The predicted molar refractivity (Wildman–Crippen MR) is 113 cm³/mol. The molecule has 1 N–H and O–H groups in total. The van der Waals surface area contributed by atoms with Crippen molar-refractivity contribution < 1.29 is 19.0 Å². The van der Waals surface area contributed by atoms with Crippen molar-refractivity contribution in [3.8, 4) is 11.5 Å². The third-order valence-corrected chi connectivity index (χ3v) is 4.61. The van der Waals surface area contributed by atoms with Gasteiger partial charge in [-0.3, -0.25) is 5.43 Å². The summed E-state index contributed by atoms with van der Waals surface area (Å²) in [4.78, 5) is 15.7. The van der Waals surface area contributed by atoms with Crippen LogP contribution < -0.4 is 14.9 Å². The summed E-state index contributed by atoms with van der Waals surface area (Å²) in [5, 5.41) is 6.90. The van der Waals surface area contributed by atoms with Crippen LogP contribution in [0.5, 0.6) is 11.5 Å². The van der Waals surface area contributed by atoms with Crippen LogP contribution in [0.15, 0.2) is 59.0 Å². The molecule has 1 aromatic heterocycles. The monoisotopic (exact) mass is 411 g/mol. The van der Waals surface area contributed by atoms with Crippen molar-refractivity contribution in [2.45, 2.75) is 6.92 Å². The minimum atomic E-state index is -0.375. The van der Waals surface area contributed by atoms with Gasteiger partial charge in [-0.2, -0.15) is 5.10 Å². The Morgan fingerprint density at radius 2 is 1.90 bits per heavy atom. The van der Waals surface area contributed by atoms with E-state index < -0.39 is 0 Å². The number of aryl methyl sites for hydroxylation is 1. The van der Waals surface area contributed by atoms with Crippen molar-refractivity contribution in [2.75, 3.05) is 25.7 Å². The maximum Gasteiger partial charge on any atom is 0.337 e. The Morgan fingerprint density at radius 3 is 2.59 bits per heavy atom. The van der Waals surface area contributed by atoms with Crippen molar-refractivity contribution in [2.24, 2.45) is 5.10 Å². The van der Waals surface area contributed by atoms with Gasteiger partial charge in [0.25, 0.3) is 0 Å². The minimum Gasteiger partial charge on any atom is -0.490 e. The smallest absolute Gasteiger partial charge is 0.337 e. The molecule has 0 aliphatic rings. The average Bonchev–Trinajstić information content (AvgIpc) is 3.16.